The van der Waals surface area contributed by atoms with Crippen molar-refractivity contribution in [1.82, 2.24) is 0 Å². The van der Waals surface area contributed by atoms with Gasteiger partial charge in [-0.15, -0.1) is 11.3 Å². The Morgan fingerprint density at radius 1 is 1.20 bits per heavy atom. The molecule has 0 aliphatic rings. The molecule has 2 rings (SSSR count). The van der Waals surface area contributed by atoms with Crippen LogP contribution in [0.5, 0.6) is 0 Å². The van der Waals surface area contributed by atoms with Crippen LogP contribution in [0.2, 0.25) is 0 Å². The van der Waals surface area contributed by atoms with Crippen molar-refractivity contribution in [2.45, 2.75) is 13.8 Å². The lowest BCUT2D eigenvalue weighted by atomic mass is 10.1. The highest BCUT2D eigenvalue weighted by molar-refractivity contribution is 9.10. The van der Waals surface area contributed by atoms with Crippen LogP contribution in [-0.4, -0.2) is 0 Å². The van der Waals surface area contributed by atoms with Crippen LogP contribution in [0.3, 0.4) is 0 Å². The average molecular weight is 282 g/mol. The standard InChI is InChI=1S/C12H12BrNS/c1-7-5-8(2)15-12(7)10-4-3-9(14)6-11(10)13/h3-6H,14H2,1-2H3. The normalized spacial score (nSPS) is 10.6. The fourth-order valence-electron chi connectivity index (χ4n) is 1.62. The van der Waals surface area contributed by atoms with Crippen molar-refractivity contribution >= 4 is 33.0 Å². The van der Waals surface area contributed by atoms with Gasteiger partial charge in [-0.05, 0) is 37.6 Å². The average Bonchev–Trinajstić information content (AvgIpc) is 2.45. The van der Waals surface area contributed by atoms with Gasteiger partial charge in [0.25, 0.3) is 0 Å². The lowest BCUT2D eigenvalue weighted by Crippen LogP contribution is -1.85. The van der Waals surface area contributed by atoms with Crippen molar-refractivity contribution in [3.63, 3.8) is 0 Å². The van der Waals surface area contributed by atoms with Crippen LogP contribution in [0.25, 0.3) is 10.4 Å². The lowest BCUT2D eigenvalue weighted by Gasteiger charge is -2.04. The van der Waals surface area contributed by atoms with Crippen LogP contribution in [0.1, 0.15) is 10.4 Å². The number of halogens is 1. The molecule has 0 fully saturated rings. The zero-order valence-corrected chi connectivity index (χ0v) is 11.1. The minimum atomic E-state index is 0.788. The predicted octanol–water partition coefficient (Wildman–Crippen LogP) is 4.38. The molecule has 1 aromatic heterocycles. The molecule has 3 heteroatoms. The molecule has 0 atom stereocenters. The Balaban J connectivity index is 2.59. The third kappa shape index (κ3) is 2.08. The topological polar surface area (TPSA) is 26.0 Å². The van der Waals surface area contributed by atoms with Crippen molar-refractivity contribution in [3.8, 4) is 10.4 Å². The largest absolute Gasteiger partial charge is 0.399 e. The summed E-state index contributed by atoms with van der Waals surface area (Å²) in [7, 11) is 0. The fraction of sp³-hybridized carbons (Fsp3) is 0.167. The summed E-state index contributed by atoms with van der Waals surface area (Å²) in [5.41, 5.74) is 9.05. The molecule has 1 nitrogen and oxygen atoms in total. The number of benzene rings is 1. The molecule has 1 heterocycles. The van der Waals surface area contributed by atoms with E-state index < -0.39 is 0 Å². The molecule has 0 saturated carbocycles. The Bertz CT molecular complexity index is 502. The quantitative estimate of drug-likeness (QED) is 0.772. The first-order chi connectivity index (χ1) is 7.08. The van der Waals surface area contributed by atoms with Gasteiger partial charge in [-0.25, -0.2) is 0 Å². The Labute approximate surface area is 102 Å². The SMILES string of the molecule is Cc1cc(C)c(-c2ccc(N)cc2Br)s1. The van der Waals surface area contributed by atoms with Gasteiger partial charge < -0.3 is 5.73 Å². The number of hydrogen-bond acceptors (Lipinski definition) is 2. The molecule has 0 spiro atoms. The van der Waals surface area contributed by atoms with E-state index in [2.05, 4.69) is 41.9 Å². The minimum Gasteiger partial charge on any atom is -0.399 e. The maximum atomic E-state index is 5.72. The van der Waals surface area contributed by atoms with Gasteiger partial charge in [0.2, 0.25) is 0 Å². The van der Waals surface area contributed by atoms with Crippen molar-refractivity contribution < 1.29 is 0 Å². The van der Waals surface area contributed by atoms with Gasteiger partial charge in [0.15, 0.2) is 0 Å². The van der Waals surface area contributed by atoms with Gasteiger partial charge in [0.1, 0.15) is 0 Å². The van der Waals surface area contributed by atoms with Crippen LogP contribution in [0.4, 0.5) is 5.69 Å². The summed E-state index contributed by atoms with van der Waals surface area (Å²) in [4.78, 5) is 2.66. The number of thiophene rings is 1. The van der Waals surface area contributed by atoms with Gasteiger partial charge in [-0.3, -0.25) is 0 Å². The van der Waals surface area contributed by atoms with Gasteiger partial charge in [0, 0.05) is 25.5 Å². The zero-order valence-electron chi connectivity index (χ0n) is 8.67. The van der Waals surface area contributed by atoms with Gasteiger partial charge in [0.05, 0.1) is 0 Å². The monoisotopic (exact) mass is 281 g/mol. The number of nitrogen functional groups attached to an aromatic ring is 1. The van der Waals surface area contributed by atoms with E-state index in [9.17, 15) is 0 Å². The number of anilines is 1. The van der Waals surface area contributed by atoms with E-state index in [4.69, 9.17) is 5.73 Å². The van der Waals surface area contributed by atoms with Gasteiger partial charge in [-0.1, -0.05) is 22.0 Å². The fourth-order valence-corrected chi connectivity index (χ4v) is 3.42. The first-order valence-corrected chi connectivity index (χ1v) is 6.31. The molecule has 78 valence electrons. The molecule has 2 N–H and O–H groups in total. The van der Waals surface area contributed by atoms with Gasteiger partial charge >= 0.3 is 0 Å². The van der Waals surface area contributed by atoms with Crippen LogP contribution in [0, 0.1) is 13.8 Å². The number of hydrogen-bond donors (Lipinski definition) is 1. The highest BCUT2D eigenvalue weighted by Crippen LogP contribution is 2.37. The van der Waals surface area contributed by atoms with Gasteiger partial charge in [-0.2, -0.15) is 0 Å². The second kappa shape index (κ2) is 3.99. The highest BCUT2D eigenvalue weighted by atomic mass is 79.9. The smallest absolute Gasteiger partial charge is 0.0386 e. The minimum absolute atomic E-state index is 0.788. The Kier molecular flexibility index (Phi) is 2.85. The number of aryl methyl sites for hydroxylation is 2. The van der Waals surface area contributed by atoms with Crippen molar-refractivity contribution in [3.05, 3.63) is 39.2 Å². The molecular formula is C12H12BrNS. The number of rotatable bonds is 1. The van der Waals surface area contributed by atoms with Crippen molar-refractivity contribution in [1.29, 1.82) is 0 Å². The van der Waals surface area contributed by atoms with Crippen molar-refractivity contribution in [2.24, 2.45) is 0 Å². The molecule has 0 unspecified atom stereocenters. The molecular weight excluding hydrogens is 270 g/mol. The maximum Gasteiger partial charge on any atom is 0.0386 e. The third-order valence-corrected chi connectivity index (χ3v) is 4.12. The van der Waals surface area contributed by atoms with Crippen LogP contribution >= 0.6 is 27.3 Å². The van der Waals surface area contributed by atoms with Crippen LogP contribution < -0.4 is 5.73 Å². The van der Waals surface area contributed by atoms with Crippen LogP contribution in [-0.2, 0) is 0 Å². The van der Waals surface area contributed by atoms with E-state index in [-0.39, 0.29) is 0 Å². The number of nitrogens with two attached hydrogens (primary N) is 1. The maximum absolute atomic E-state index is 5.72. The first kappa shape index (κ1) is 10.7. The summed E-state index contributed by atoms with van der Waals surface area (Å²) in [5.74, 6) is 0. The van der Waals surface area contributed by atoms with E-state index >= 15 is 0 Å². The molecule has 0 radical (unpaired) electrons. The highest BCUT2D eigenvalue weighted by Gasteiger charge is 2.09. The Morgan fingerprint density at radius 2 is 1.93 bits per heavy atom. The van der Waals surface area contributed by atoms with E-state index in [1.165, 1.54) is 20.9 Å². The molecule has 0 bridgehead atoms. The van der Waals surface area contributed by atoms with E-state index in [0.717, 1.165) is 10.2 Å². The molecule has 1 aromatic carbocycles. The lowest BCUT2D eigenvalue weighted by molar-refractivity contribution is 1.49. The van der Waals surface area contributed by atoms with Crippen molar-refractivity contribution in [2.75, 3.05) is 5.73 Å². The Hall–Kier alpha value is -0.800. The molecule has 2 aromatic rings. The molecule has 15 heavy (non-hydrogen) atoms. The molecule has 0 amide bonds. The first-order valence-electron chi connectivity index (χ1n) is 4.70. The predicted molar refractivity (Wildman–Crippen MR) is 71.3 cm³/mol. The third-order valence-electron chi connectivity index (χ3n) is 2.28. The van der Waals surface area contributed by atoms with E-state index in [0.29, 0.717) is 0 Å². The summed E-state index contributed by atoms with van der Waals surface area (Å²) in [6, 6.07) is 8.17. The molecule has 0 aliphatic heterocycles. The Morgan fingerprint density at radius 3 is 2.47 bits per heavy atom. The summed E-state index contributed by atoms with van der Waals surface area (Å²) >= 11 is 5.37. The van der Waals surface area contributed by atoms with Crippen LogP contribution in [0.15, 0.2) is 28.7 Å². The molecule has 0 saturated heterocycles. The summed E-state index contributed by atoms with van der Waals surface area (Å²) in [6.07, 6.45) is 0. The summed E-state index contributed by atoms with van der Waals surface area (Å²) < 4.78 is 1.06. The van der Waals surface area contributed by atoms with E-state index in [1.807, 2.05) is 23.5 Å². The summed E-state index contributed by atoms with van der Waals surface area (Å²) in [5, 5.41) is 0. The second-order valence-electron chi connectivity index (χ2n) is 3.61. The zero-order chi connectivity index (χ0) is 11.0. The second-order valence-corrected chi connectivity index (χ2v) is 5.72. The van der Waals surface area contributed by atoms with E-state index in [1.54, 1.807) is 0 Å². The molecule has 0 aliphatic carbocycles. The summed E-state index contributed by atoms with van der Waals surface area (Å²) in [6.45, 7) is 4.27.